The molecule has 126 valence electrons. The molecule has 1 spiro atoms. The molecular weight excluding hydrogens is 318 g/mol. The summed E-state index contributed by atoms with van der Waals surface area (Å²) in [5.74, 6) is 0.139. The molecule has 0 unspecified atom stereocenters. The monoisotopic (exact) mass is 335 g/mol. The number of fused-ring (bicyclic) bond motifs is 2. The van der Waals surface area contributed by atoms with Gasteiger partial charge < -0.3 is 9.47 Å². The average Bonchev–Trinajstić information content (AvgIpc) is 3.11. The first-order chi connectivity index (χ1) is 12.2. The van der Waals surface area contributed by atoms with E-state index in [9.17, 15) is 4.79 Å². The van der Waals surface area contributed by atoms with Crippen LogP contribution in [0.3, 0.4) is 0 Å². The van der Waals surface area contributed by atoms with Crippen LogP contribution in [0.25, 0.3) is 22.2 Å². The van der Waals surface area contributed by atoms with Crippen LogP contribution in [0, 0.1) is 0 Å². The molecule has 0 atom stereocenters. The standard InChI is InChI=1S/C19H17N3O3/c23-18-14-5-4-13(15-3-1-2-8-20-15)11-16(14)21-17-6-7-19(12-22(17)18)24-9-10-25-19/h1-5,8,11H,6-7,9-10,12H2. The van der Waals surface area contributed by atoms with E-state index in [0.717, 1.165) is 23.5 Å². The highest BCUT2D eigenvalue weighted by Gasteiger charge is 2.41. The lowest BCUT2D eigenvalue weighted by Crippen LogP contribution is -2.45. The first kappa shape index (κ1) is 14.7. The summed E-state index contributed by atoms with van der Waals surface area (Å²) in [6.07, 6.45) is 3.15. The zero-order valence-electron chi connectivity index (χ0n) is 13.6. The number of nitrogens with zero attached hydrogens (tertiary/aromatic N) is 3. The lowest BCUT2D eigenvalue weighted by molar-refractivity contribution is -0.178. The molecule has 25 heavy (non-hydrogen) atoms. The Balaban J connectivity index is 1.63. The number of ether oxygens (including phenoxy) is 2. The quantitative estimate of drug-likeness (QED) is 0.682. The Morgan fingerprint density at radius 2 is 2.00 bits per heavy atom. The van der Waals surface area contributed by atoms with Gasteiger partial charge in [0.2, 0.25) is 0 Å². The molecule has 4 heterocycles. The van der Waals surface area contributed by atoms with Crippen molar-refractivity contribution in [3.05, 3.63) is 58.8 Å². The Bertz CT molecular complexity index is 1010. The van der Waals surface area contributed by atoms with Crippen molar-refractivity contribution in [3.63, 3.8) is 0 Å². The second-order valence-electron chi connectivity index (χ2n) is 6.47. The second-order valence-corrected chi connectivity index (χ2v) is 6.47. The highest BCUT2D eigenvalue weighted by atomic mass is 16.7. The number of benzene rings is 1. The van der Waals surface area contributed by atoms with E-state index in [1.54, 1.807) is 10.8 Å². The highest BCUT2D eigenvalue weighted by molar-refractivity contribution is 5.83. The molecule has 3 aromatic rings. The van der Waals surface area contributed by atoms with E-state index in [4.69, 9.17) is 14.5 Å². The largest absolute Gasteiger partial charge is 0.346 e. The molecule has 0 bridgehead atoms. The van der Waals surface area contributed by atoms with E-state index in [0.29, 0.717) is 37.1 Å². The van der Waals surface area contributed by atoms with Crippen LogP contribution in [-0.2, 0) is 22.4 Å². The fourth-order valence-electron chi connectivity index (χ4n) is 3.67. The van der Waals surface area contributed by atoms with Gasteiger partial charge in [-0.05, 0) is 24.3 Å². The van der Waals surface area contributed by atoms with Gasteiger partial charge >= 0.3 is 0 Å². The summed E-state index contributed by atoms with van der Waals surface area (Å²) < 4.78 is 13.2. The van der Waals surface area contributed by atoms with Crippen molar-refractivity contribution in [2.24, 2.45) is 0 Å². The van der Waals surface area contributed by atoms with Crippen LogP contribution >= 0.6 is 0 Å². The van der Waals surface area contributed by atoms with E-state index >= 15 is 0 Å². The summed E-state index contributed by atoms with van der Waals surface area (Å²) in [6.45, 7) is 1.57. The normalized spacial score (nSPS) is 18.6. The van der Waals surface area contributed by atoms with Crippen molar-refractivity contribution >= 4 is 10.9 Å². The predicted octanol–water partition coefficient (Wildman–Crippen LogP) is 2.15. The Kier molecular flexibility index (Phi) is 3.23. The molecule has 2 aliphatic heterocycles. The summed E-state index contributed by atoms with van der Waals surface area (Å²) in [6, 6.07) is 11.5. The topological polar surface area (TPSA) is 66.2 Å². The van der Waals surface area contributed by atoms with E-state index in [2.05, 4.69) is 4.98 Å². The highest BCUT2D eigenvalue weighted by Crippen LogP contribution is 2.31. The summed E-state index contributed by atoms with van der Waals surface area (Å²) in [5.41, 5.74) is 2.50. The van der Waals surface area contributed by atoms with Crippen molar-refractivity contribution in [1.29, 1.82) is 0 Å². The van der Waals surface area contributed by atoms with Gasteiger partial charge in [0.25, 0.3) is 5.56 Å². The summed E-state index contributed by atoms with van der Waals surface area (Å²) >= 11 is 0. The lowest BCUT2D eigenvalue weighted by atomic mass is 10.0. The Morgan fingerprint density at radius 1 is 1.12 bits per heavy atom. The van der Waals surface area contributed by atoms with Gasteiger partial charge in [-0.3, -0.25) is 14.3 Å². The number of hydrogen-bond donors (Lipinski definition) is 0. The van der Waals surface area contributed by atoms with Crippen LogP contribution in [0.1, 0.15) is 12.2 Å². The van der Waals surface area contributed by atoms with Crippen LogP contribution in [-0.4, -0.2) is 33.5 Å². The fraction of sp³-hybridized carbons (Fsp3) is 0.316. The van der Waals surface area contributed by atoms with E-state index < -0.39 is 5.79 Å². The Morgan fingerprint density at radius 3 is 2.80 bits per heavy atom. The molecular formula is C19H17N3O3. The number of aryl methyl sites for hydroxylation is 1. The third-order valence-electron chi connectivity index (χ3n) is 4.94. The van der Waals surface area contributed by atoms with Crippen LogP contribution in [0.5, 0.6) is 0 Å². The zero-order chi connectivity index (χ0) is 16.9. The van der Waals surface area contributed by atoms with Crippen molar-refractivity contribution < 1.29 is 9.47 Å². The van der Waals surface area contributed by atoms with Gasteiger partial charge in [-0.1, -0.05) is 12.1 Å². The lowest BCUT2D eigenvalue weighted by Gasteiger charge is -2.33. The molecule has 0 amide bonds. The van der Waals surface area contributed by atoms with Crippen LogP contribution in [0.2, 0.25) is 0 Å². The van der Waals surface area contributed by atoms with E-state index in [-0.39, 0.29) is 5.56 Å². The molecule has 6 nitrogen and oxygen atoms in total. The third kappa shape index (κ3) is 2.37. The van der Waals surface area contributed by atoms with Gasteiger partial charge in [-0.25, -0.2) is 4.98 Å². The molecule has 0 N–H and O–H groups in total. The number of pyridine rings is 1. The molecule has 2 aliphatic rings. The van der Waals surface area contributed by atoms with Gasteiger partial charge in [-0.2, -0.15) is 0 Å². The van der Waals surface area contributed by atoms with Crippen LogP contribution in [0.4, 0.5) is 0 Å². The minimum atomic E-state index is -0.653. The Labute approximate surface area is 144 Å². The maximum Gasteiger partial charge on any atom is 0.261 e. The van der Waals surface area contributed by atoms with Crippen LogP contribution in [0.15, 0.2) is 47.4 Å². The predicted molar refractivity (Wildman–Crippen MR) is 92.2 cm³/mol. The van der Waals surface area contributed by atoms with Crippen molar-refractivity contribution in [1.82, 2.24) is 14.5 Å². The number of aromatic nitrogens is 3. The van der Waals surface area contributed by atoms with E-state index in [1.807, 2.05) is 36.4 Å². The van der Waals surface area contributed by atoms with Crippen molar-refractivity contribution in [3.8, 4) is 11.3 Å². The van der Waals surface area contributed by atoms with Crippen molar-refractivity contribution in [2.75, 3.05) is 13.2 Å². The summed E-state index contributed by atoms with van der Waals surface area (Å²) in [7, 11) is 0. The first-order valence-corrected chi connectivity index (χ1v) is 8.47. The number of rotatable bonds is 1. The van der Waals surface area contributed by atoms with Crippen LogP contribution < -0.4 is 5.56 Å². The molecule has 2 aromatic heterocycles. The minimum absolute atomic E-state index is 0.0363. The molecule has 0 saturated carbocycles. The summed E-state index contributed by atoms with van der Waals surface area (Å²) in [5, 5.41) is 0.610. The van der Waals surface area contributed by atoms with Gasteiger partial charge in [-0.15, -0.1) is 0 Å². The molecule has 5 rings (SSSR count). The second kappa shape index (κ2) is 5.47. The SMILES string of the molecule is O=c1c2ccc(-c3ccccn3)cc2nc2n1CC1(CC2)OCCO1. The molecule has 1 saturated heterocycles. The first-order valence-electron chi connectivity index (χ1n) is 8.47. The van der Waals surface area contributed by atoms with E-state index in [1.165, 1.54) is 0 Å². The third-order valence-corrected chi connectivity index (χ3v) is 4.94. The average molecular weight is 335 g/mol. The smallest absolute Gasteiger partial charge is 0.261 e. The molecule has 6 heteroatoms. The van der Waals surface area contributed by atoms with Crippen molar-refractivity contribution in [2.45, 2.75) is 25.2 Å². The van der Waals surface area contributed by atoms with Gasteiger partial charge in [0, 0.05) is 24.6 Å². The molecule has 0 radical (unpaired) electrons. The summed E-state index contributed by atoms with van der Waals surface area (Å²) in [4.78, 5) is 22.1. The maximum atomic E-state index is 13.0. The number of hydrogen-bond acceptors (Lipinski definition) is 5. The minimum Gasteiger partial charge on any atom is -0.346 e. The molecule has 0 aliphatic carbocycles. The van der Waals surface area contributed by atoms with Gasteiger partial charge in [0.1, 0.15) is 5.82 Å². The van der Waals surface area contributed by atoms with Gasteiger partial charge in [0.05, 0.1) is 36.4 Å². The zero-order valence-corrected chi connectivity index (χ0v) is 13.6. The van der Waals surface area contributed by atoms with Gasteiger partial charge in [0.15, 0.2) is 5.79 Å². The molecule has 1 fully saturated rings. The maximum absolute atomic E-state index is 13.0. The Hall–Kier alpha value is -2.57. The fourth-order valence-corrected chi connectivity index (χ4v) is 3.67. The molecule has 1 aromatic carbocycles.